The second-order valence-electron chi connectivity index (χ2n) is 3.85. The van der Waals surface area contributed by atoms with Gasteiger partial charge in [-0.15, -0.1) is 0 Å². The maximum absolute atomic E-state index is 5.92. The molecular weight excluding hydrogens is 276 g/mol. The van der Waals surface area contributed by atoms with Gasteiger partial charge in [-0.2, -0.15) is 0 Å². The lowest BCUT2D eigenvalue weighted by Gasteiger charge is -2.15. The van der Waals surface area contributed by atoms with Gasteiger partial charge >= 0.3 is 0 Å². The molecule has 2 aromatic carbocycles. The van der Waals surface area contributed by atoms with E-state index in [1.165, 1.54) is 11.1 Å². The predicted octanol–water partition coefficient (Wildman–Crippen LogP) is 4.34. The number of halogens is 1. The Labute approximate surface area is 111 Å². The lowest BCUT2D eigenvalue weighted by Crippen LogP contribution is -2.05. The maximum Gasteiger partial charge on any atom is 0.0926 e. The normalized spacial score (nSPS) is 12.3. The zero-order valence-corrected chi connectivity index (χ0v) is 11.1. The third kappa shape index (κ3) is 3.69. The van der Waals surface area contributed by atoms with E-state index in [-0.39, 0.29) is 6.10 Å². The van der Waals surface area contributed by atoms with Crippen LogP contribution >= 0.6 is 15.9 Å². The first kappa shape index (κ1) is 12.3. The van der Waals surface area contributed by atoms with Gasteiger partial charge < -0.3 is 4.74 Å². The molecule has 2 rings (SSSR count). The maximum atomic E-state index is 5.92. The number of alkyl halides is 1. The molecule has 0 amide bonds. The average molecular weight is 291 g/mol. The monoisotopic (exact) mass is 290 g/mol. The van der Waals surface area contributed by atoms with Crippen LogP contribution in [-0.4, -0.2) is 5.33 Å². The first-order valence-electron chi connectivity index (χ1n) is 5.66. The number of rotatable bonds is 5. The second kappa shape index (κ2) is 6.58. The summed E-state index contributed by atoms with van der Waals surface area (Å²) in [5, 5.41) is 0.809. The lowest BCUT2D eigenvalue weighted by atomic mass is 10.1. The molecule has 0 radical (unpaired) electrons. The smallest absolute Gasteiger partial charge is 0.0926 e. The van der Waals surface area contributed by atoms with Crippen molar-refractivity contribution in [2.75, 3.05) is 5.33 Å². The fraction of sp³-hybridized carbons (Fsp3) is 0.200. The van der Waals surface area contributed by atoms with Gasteiger partial charge in [0.15, 0.2) is 0 Å². The van der Waals surface area contributed by atoms with Gasteiger partial charge in [-0.25, -0.2) is 0 Å². The Morgan fingerprint density at radius 1 is 0.882 bits per heavy atom. The third-order valence-corrected chi connectivity index (χ3v) is 3.19. The Kier molecular flexibility index (Phi) is 4.77. The molecule has 0 spiro atoms. The molecule has 2 heteroatoms. The molecule has 1 nitrogen and oxygen atoms in total. The summed E-state index contributed by atoms with van der Waals surface area (Å²) < 4.78 is 5.92. The van der Waals surface area contributed by atoms with Gasteiger partial charge in [0, 0.05) is 5.33 Å². The van der Waals surface area contributed by atoms with Crippen LogP contribution in [0.15, 0.2) is 60.7 Å². The molecule has 1 atom stereocenters. The van der Waals surface area contributed by atoms with Crippen molar-refractivity contribution in [3.8, 4) is 0 Å². The average Bonchev–Trinajstić information content (AvgIpc) is 2.42. The first-order valence-corrected chi connectivity index (χ1v) is 6.78. The van der Waals surface area contributed by atoms with Gasteiger partial charge in [-0.05, 0) is 11.1 Å². The molecule has 0 aliphatic heterocycles. The van der Waals surface area contributed by atoms with Crippen LogP contribution < -0.4 is 0 Å². The second-order valence-corrected chi connectivity index (χ2v) is 4.50. The minimum absolute atomic E-state index is 0.108. The van der Waals surface area contributed by atoms with E-state index in [9.17, 15) is 0 Å². The highest BCUT2D eigenvalue weighted by Gasteiger charge is 2.09. The molecule has 0 N–H and O–H groups in total. The quantitative estimate of drug-likeness (QED) is 0.745. The van der Waals surface area contributed by atoms with Crippen LogP contribution in [0.2, 0.25) is 0 Å². The summed E-state index contributed by atoms with van der Waals surface area (Å²) in [5.74, 6) is 0. The summed E-state index contributed by atoms with van der Waals surface area (Å²) in [5.41, 5.74) is 2.41. The van der Waals surface area contributed by atoms with Crippen LogP contribution in [-0.2, 0) is 11.3 Å². The molecule has 0 aliphatic rings. The molecule has 2 aromatic rings. The van der Waals surface area contributed by atoms with E-state index >= 15 is 0 Å². The Morgan fingerprint density at radius 2 is 1.47 bits per heavy atom. The van der Waals surface area contributed by atoms with Crippen molar-refractivity contribution in [3.05, 3.63) is 71.8 Å². The lowest BCUT2D eigenvalue weighted by molar-refractivity contribution is 0.0566. The Balaban J connectivity index is 1.97. The summed E-state index contributed by atoms with van der Waals surface area (Å²) in [7, 11) is 0. The minimum atomic E-state index is 0.108. The number of hydrogen-bond acceptors (Lipinski definition) is 1. The Bertz CT molecular complexity index is 427. The highest BCUT2D eigenvalue weighted by molar-refractivity contribution is 9.09. The molecule has 0 fully saturated rings. The largest absolute Gasteiger partial charge is 0.368 e. The fourth-order valence-electron chi connectivity index (χ4n) is 1.67. The highest BCUT2D eigenvalue weighted by Crippen LogP contribution is 2.20. The van der Waals surface area contributed by atoms with Gasteiger partial charge in [0.2, 0.25) is 0 Å². The molecule has 1 unspecified atom stereocenters. The van der Waals surface area contributed by atoms with Crippen LogP contribution in [0.5, 0.6) is 0 Å². The molecule has 0 saturated carbocycles. The van der Waals surface area contributed by atoms with Crippen molar-refractivity contribution in [2.24, 2.45) is 0 Å². The van der Waals surface area contributed by atoms with Crippen molar-refractivity contribution in [3.63, 3.8) is 0 Å². The van der Waals surface area contributed by atoms with Crippen molar-refractivity contribution in [1.82, 2.24) is 0 Å². The standard InChI is InChI=1S/C15H15BrO/c16-11-15(14-9-5-2-6-10-14)17-12-13-7-3-1-4-8-13/h1-10,15H,11-12H2. The fourth-order valence-corrected chi connectivity index (χ4v) is 2.23. The van der Waals surface area contributed by atoms with E-state index in [0.717, 1.165) is 5.33 Å². The summed E-state index contributed by atoms with van der Waals surface area (Å²) in [4.78, 5) is 0. The molecule has 0 bridgehead atoms. The van der Waals surface area contributed by atoms with E-state index in [2.05, 4.69) is 40.2 Å². The van der Waals surface area contributed by atoms with Crippen molar-refractivity contribution in [1.29, 1.82) is 0 Å². The first-order chi connectivity index (χ1) is 8.40. The molecule has 0 saturated heterocycles. The number of hydrogen-bond donors (Lipinski definition) is 0. The van der Waals surface area contributed by atoms with Crippen LogP contribution in [0.1, 0.15) is 17.2 Å². The Hall–Kier alpha value is -1.12. The zero-order chi connectivity index (χ0) is 11.9. The molecular formula is C15H15BrO. The van der Waals surface area contributed by atoms with Crippen LogP contribution in [0.4, 0.5) is 0 Å². The summed E-state index contributed by atoms with van der Waals surface area (Å²) in [6.45, 7) is 0.645. The van der Waals surface area contributed by atoms with E-state index in [4.69, 9.17) is 4.74 Å². The topological polar surface area (TPSA) is 9.23 Å². The van der Waals surface area contributed by atoms with E-state index in [1.54, 1.807) is 0 Å². The zero-order valence-electron chi connectivity index (χ0n) is 9.55. The van der Waals surface area contributed by atoms with Crippen LogP contribution in [0.25, 0.3) is 0 Å². The molecule has 0 aromatic heterocycles. The Morgan fingerprint density at radius 3 is 2.06 bits per heavy atom. The van der Waals surface area contributed by atoms with Crippen molar-refractivity contribution in [2.45, 2.75) is 12.7 Å². The number of ether oxygens (including phenoxy) is 1. The van der Waals surface area contributed by atoms with E-state index < -0.39 is 0 Å². The highest BCUT2D eigenvalue weighted by atomic mass is 79.9. The molecule has 0 heterocycles. The third-order valence-electron chi connectivity index (χ3n) is 2.61. The number of benzene rings is 2. The summed E-state index contributed by atoms with van der Waals surface area (Å²) >= 11 is 3.50. The summed E-state index contributed by atoms with van der Waals surface area (Å²) in [6, 6.07) is 20.5. The minimum Gasteiger partial charge on any atom is -0.368 e. The van der Waals surface area contributed by atoms with Gasteiger partial charge in [-0.3, -0.25) is 0 Å². The van der Waals surface area contributed by atoms with Crippen molar-refractivity contribution < 1.29 is 4.74 Å². The van der Waals surface area contributed by atoms with Gasteiger partial charge in [0.05, 0.1) is 12.7 Å². The molecule has 88 valence electrons. The summed E-state index contributed by atoms with van der Waals surface area (Å²) in [6.07, 6.45) is 0.108. The van der Waals surface area contributed by atoms with E-state index in [1.807, 2.05) is 36.4 Å². The van der Waals surface area contributed by atoms with E-state index in [0.29, 0.717) is 6.61 Å². The molecule has 0 aliphatic carbocycles. The SMILES string of the molecule is BrCC(OCc1ccccc1)c1ccccc1. The molecule has 17 heavy (non-hydrogen) atoms. The van der Waals surface area contributed by atoms with Crippen LogP contribution in [0.3, 0.4) is 0 Å². The predicted molar refractivity (Wildman–Crippen MR) is 74.2 cm³/mol. The van der Waals surface area contributed by atoms with Gasteiger partial charge in [-0.1, -0.05) is 76.6 Å². The van der Waals surface area contributed by atoms with Gasteiger partial charge in [0.1, 0.15) is 0 Å². The van der Waals surface area contributed by atoms with Crippen molar-refractivity contribution >= 4 is 15.9 Å². The van der Waals surface area contributed by atoms with Crippen LogP contribution in [0, 0.1) is 0 Å². The van der Waals surface area contributed by atoms with Gasteiger partial charge in [0.25, 0.3) is 0 Å².